The van der Waals surface area contributed by atoms with Gasteiger partial charge in [-0.25, -0.2) is 4.68 Å². The van der Waals surface area contributed by atoms with E-state index >= 15 is 0 Å². The molecule has 0 amide bonds. The molecule has 0 fully saturated rings. The molecule has 9 heteroatoms. The number of nitrogens with one attached hydrogen (secondary N) is 1. The van der Waals surface area contributed by atoms with Crippen molar-refractivity contribution in [2.24, 2.45) is 0 Å². The Bertz CT molecular complexity index is 1340. The summed E-state index contributed by atoms with van der Waals surface area (Å²) in [5, 5.41) is 33.6. The van der Waals surface area contributed by atoms with Gasteiger partial charge < -0.3 is 10.1 Å². The number of nitrogens with zero attached hydrogens (tertiary/aromatic N) is 6. The zero-order valence-corrected chi connectivity index (χ0v) is 17.3. The summed E-state index contributed by atoms with van der Waals surface area (Å²) in [5.41, 5.74) is 2.83. The highest BCUT2D eigenvalue weighted by molar-refractivity contribution is 5.59. The first-order valence-electron chi connectivity index (χ1n) is 9.43. The van der Waals surface area contributed by atoms with Crippen molar-refractivity contribution in [1.29, 1.82) is 15.8 Å². The van der Waals surface area contributed by atoms with Crippen LogP contribution in [-0.2, 0) is 6.54 Å². The summed E-state index contributed by atoms with van der Waals surface area (Å²) in [6.07, 6.45) is 3.07. The van der Waals surface area contributed by atoms with Crippen LogP contribution in [0.15, 0.2) is 47.3 Å². The SMILES string of the molecule is Cc1cc(/C=C/C#N)cc(C)c1Oc1nc(Nc2ccc(C#N)cc2)c(=O)n(CC#N)n1. The molecule has 0 saturated carbocycles. The number of allylic oxidation sites excluding steroid dienone is 1. The predicted molar refractivity (Wildman–Crippen MR) is 117 cm³/mol. The van der Waals surface area contributed by atoms with Crippen LogP contribution in [0.2, 0.25) is 0 Å². The molecular weight excluding hydrogens is 406 g/mol. The fourth-order valence-corrected chi connectivity index (χ4v) is 2.97. The molecule has 0 aliphatic carbocycles. The molecular formula is C23H17N7O2. The number of hydrogen-bond donors (Lipinski definition) is 1. The van der Waals surface area contributed by atoms with Gasteiger partial charge in [-0.1, -0.05) is 0 Å². The van der Waals surface area contributed by atoms with Crippen LogP contribution in [0.3, 0.4) is 0 Å². The van der Waals surface area contributed by atoms with Gasteiger partial charge in [0.05, 0.1) is 23.8 Å². The molecule has 3 aromatic rings. The minimum Gasteiger partial charge on any atom is -0.423 e. The zero-order chi connectivity index (χ0) is 23.1. The van der Waals surface area contributed by atoms with Gasteiger partial charge in [-0.2, -0.15) is 20.8 Å². The molecule has 9 nitrogen and oxygen atoms in total. The average Bonchev–Trinajstić information content (AvgIpc) is 2.78. The largest absolute Gasteiger partial charge is 0.423 e. The minimum atomic E-state index is -0.589. The Morgan fingerprint density at radius 2 is 1.81 bits per heavy atom. The lowest BCUT2D eigenvalue weighted by atomic mass is 10.1. The number of aryl methyl sites for hydroxylation is 2. The van der Waals surface area contributed by atoms with Crippen LogP contribution in [0.1, 0.15) is 22.3 Å². The van der Waals surface area contributed by atoms with E-state index in [0.29, 0.717) is 17.0 Å². The first-order valence-corrected chi connectivity index (χ1v) is 9.43. The summed E-state index contributed by atoms with van der Waals surface area (Å²) < 4.78 is 6.85. The second-order valence-electron chi connectivity index (χ2n) is 6.73. The zero-order valence-electron chi connectivity index (χ0n) is 17.3. The smallest absolute Gasteiger partial charge is 0.341 e. The Labute approximate surface area is 184 Å². The van der Waals surface area contributed by atoms with Gasteiger partial charge in [-0.3, -0.25) is 4.79 Å². The van der Waals surface area contributed by atoms with Crippen LogP contribution >= 0.6 is 0 Å². The van der Waals surface area contributed by atoms with E-state index in [1.54, 1.807) is 30.3 Å². The summed E-state index contributed by atoms with van der Waals surface area (Å²) in [7, 11) is 0. The summed E-state index contributed by atoms with van der Waals surface area (Å²) in [6.45, 7) is 3.40. The van der Waals surface area contributed by atoms with E-state index in [1.165, 1.54) is 6.08 Å². The molecule has 0 aliphatic heterocycles. The number of benzene rings is 2. The van der Waals surface area contributed by atoms with E-state index in [2.05, 4.69) is 15.4 Å². The van der Waals surface area contributed by atoms with Crippen LogP contribution in [0.4, 0.5) is 11.5 Å². The fraction of sp³-hybridized carbons (Fsp3) is 0.130. The standard InChI is InChI=1S/C23H17N7O2/c1-15-12-18(4-3-9-24)13-16(2)20(15)32-23-28-21(22(31)30(29-23)11-10-25)27-19-7-5-17(14-26)6-8-19/h3-8,12-13H,11H2,1-2H3,(H,27,28,29)/b4-3+. The van der Waals surface area contributed by atoms with E-state index in [-0.39, 0.29) is 18.4 Å². The molecule has 0 unspecified atom stereocenters. The van der Waals surface area contributed by atoms with Crippen LogP contribution in [0, 0.1) is 47.8 Å². The maximum atomic E-state index is 12.7. The second kappa shape index (κ2) is 9.71. The van der Waals surface area contributed by atoms with Crippen molar-refractivity contribution in [3.05, 3.63) is 75.1 Å². The van der Waals surface area contributed by atoms with Crippen LogP contribution in [0.25, 0.3) is 6.08 Å². The molecule has 156 valence electrons. The normalized spacial score (nSPS) is 10.2. The van der Waals surface area contributed by atoms with E-state index in [9.17, 15) is 4.79 Å². The summed E-state index contributed by atoms with van der Waals surface area (Å²) in [4.78, 5) is 16.8. The lowest BCUT2D eigenvalue weighted by molar-refractivity contribution is 0.410. The number of anilines is 2. The second-order valence-corrected chi connectivity index (χ2v) is 6.73. The third-order valence-electron chi connectivity index (χ3n) is 4.37. The van der Waals surface area contributed by atoms with Crippen molar-refractivity contribution >= 4 is 17.6 Å². The molecule has 0 aliphatic rings. The lowest BCUT2D eigenvalue weighted by Gasteiger charge is -2.13. The number of hydrogen-bond acceptors (Lipinski definition) is 8. The van der Waals surface area contributed by atoms with Gasteiger partial charge in [-0.15, -0.1) is 5.10 Å². The highest BCUT2D eigenvalue weighted by atomic mass is 16.5. The third kappa shape index (κ3) is 4.96. The van der Waals surface area contributed by atoms with Gasteiger partial charge in [0.25, 0.3) is 0 Å². The van der Waals surface area contributed by atoms with Gasteiger partial charge >= 0.3 is 11.6 Å². The summed E-state index contributed by atoms with van der Waals surface area (Å²) in [6, 6.07) is 15.9. The van der Waals surface area contributed by atoms with Gasteiger partial charge in [0.2, 0.25) is 5.82 Å². The monoisotopic (exact) mass is 423 g/mol. The first-order chi connectivity index (χ1) is 15.4. The van der Waals surface area contributed by atoms with Gasteiger partial charge in [-0.05, 0) is 73.0 Å². The number of rotatable bonds is 6. The van der Waals surface area contributed by atoms with Gasteiger partial charge in [0.15, 0.2) is 0 Å². The van der Waals surface area contributed by atoms with Crippen molar-refractivity contribution in [2.75, 3.05) is 5.32 Å². The Morgan fingerprint density at radius 1 is 1.12 bits per heavy atom. The Kier molecular flexibility index (Phi) is 6.60. The maximum Gasteiger partial charge on any atom is 0.341 e. The highest BCUT2D eigenvalue weighted by Crippen LogP contribution is 2.29. The van der Waals surface area contributed by atoms with Crippen molar-refractivity contribution in [3.8, 4) is 30.0 Å². The Hall–Kier alpha value is -4.94. The van der Waals surface area contributed by atoms with Crippen molar-refractivity contribution in [2.45, 2.75) is 20.4 Å². The van der Waals surface area contributed by atoms with E-state index in [0.717, 1.165) is 21.4 Å². The first kappa shape index (κ1) is 21.8. The molecule has 0 spiro atoms. The van der Waals surface area contributed by atoms with Crippen LogP contribution < -0.4 is 15.6 Å². The Balaban J connectivity index is 1.99. The van der Waals surface area contributed by atoms with Crippen molar-refractivity contribution in [3.63, 3.8) is 0 Å². The molecule has 1 N–H and O–H groups in total. The summed E-state index contributed by atoms with van der Waals surface area (Å²) in [5.74, 6) is 0.435. The molecule has 1 aromatic heterocycles. The molecule has 0 radical (unpaired) electrons. The molecule has 0 saturated heterocycles. The highest BCUT2D eigenvalue weighted by Gasteiger charge is 2.15. The minimum absolute atomic E-state index is 0.0705. The third-order valence-corrected chi connectivity index (χ3v) is 4.37. The lowest BCUT2D eigenvalue weighted by Crippen LogP contribution is -2.26. The topological polar surface area (TPSA) is 140 Å². The molecule has 32 heavy (non-hydrogen) atoms. The Morgan fingerprint density at radius 3 is 2.41 bits per heavy atom. The van der Waals surface area contributed by atoms with Gasteiger partial charge in [0.1, 0.15) is 12.3 Å². The quantitative estimate of drug-likeness (QED) is 0.591. The molecule has 0 bridgehead atoms. The van der Waals surface area contributed by atoms with E-state index in [4.69, 9.17) is 20.5 Å². The molecule has 3 rings (SSSR count). The molecule has 1 heterocycles. The van der Waals surface area contributed by atoms with Crippen molar-refractivity contribution < 1.29 is 4.74 Å². The number of nitriles is 3. The van der Waals surface area contributed by atoms with E-state index in [1.807, 2.05) is 44.2 Å². The van der Waals surface area contributed by atoms with Crippen molar-refractivity contribution in [1.82, 2.24) is 14.8 Å². The van der Waals surface area contributed by atoms with Crippen LogP contribution in [0.5, 0.6) is 11.8 Å². The number of ether oxygens (including phenoxy) is 1. The van der Waals surface area contributed by atoms with E-state index < -0.39 is 5.56 Å². The predicted octanol–water partition coefficient (Wildman–Crippen LogP) is 3.72. The molecule has 0 atom stereocenters. The van der Waals surface area contributed by atoms with Gasteiger partial charge in [0, 0.05) is 11.8 Å². The average molecular weight is 423 g/mol. The maximum absolute atomic E-state index is 12.7. The fourth-order valence-electron chi connectivity index (χ4n) is 2.97. The van der Waals surface area contributed by atoms with Crippen LogP contribution in [-0.4, -0.2) is 14.8 Å². The number of aromatic nitrogens is 3. The molecule has 2 aromatic carbocycles. The summed E-state index contributed by atoms with van der Waals surface area (Å²) >= 11 is 0.